The Kier molecular flexibility index (Phi) is 9.83. The molecule has 4 aromatic rings. The van der Waals surface area contributed by atoms with E-state index in [1.165, 1.54) is 6.07 Å². The zero-order valence-corrected chi connectivity index (χ0v) is 23.5. The molecule has 0 saturated carbocycles. The van der Waals surface area contributed by atoms with Crippen molar-refractivity contribution in [3.05, 3.63) is 106 Å². The van der Waals surface area contributed by atoms with Gasteiger partial charge in [0.1, 0.15) is 5.78 Å². The third-order valence-electron chi connectivity index (χ3n) is 6.57. The van der Waals surface area contributed by atoms with Crippen LogP contribution in [0, 0.1) is 12.3 Å². The molecule has 0 amide bonds. The molecule has 0 aliphatic heterocycles. The summed E-state index contributed by atoms with van der Waals surface area (Å²) >= 11 is 1.57. The molecule has 0 fully saturated rings. The number of nitrogen functional groups attached to an aromatic ring is 1. The third kappa shape index (κ3) is 8.44. The first-order chi connectivity index (χ1) is 19.6. The lowest BCUT2D eigenvalue weighted by atomic mass is 10.0. The number of nitrogens with one attached hydrogen (secondary N) is 1. The summed E-state index contributed by atoms with van der Waals surface area (Å²) in [6.07, 6.45) is 3.83. The van der Waals surface area contributed by atoms with Crippen LogP contribution in [0.25, 0.3) is 16.5 Å². The number of thiazole rings is 1. The highest BCUT2D eigenvalue weighted by Crippen LogP contribution is 2.33. The molecule has 0 radical (unpaired) electrons. The molecule has 0 spiro atoms. The minimum atomic E-state index is -4.36. The van der Waals surface area contributed by atoms with E-state index >= 15 is 0 Å². The summed E-state index contributed by atoms with van der Waals surface area (Å²) in [5.41, 5.74) is 10.2. The number of carbonyl (C=O) groups is 1. The largest absolute Gasteiger partial charge is 0.416 e. The molecule has 9 heteroatoms. The van der Waals surface area contributed by atoms with Gasteiger partial charge in [0.15, 0.2) is 0 Å². The zero-order chi connectivity index (χ0) is 29.4. The minimum absolute atomic E-state index is 0.105. The maximum absolute atomic E-state index is 12.9. The van der Waals surface area contributed by atoms with Crippen molar-refractivity contribution in [1.82, 2.24) is 9.97 Å². The Hall–Kier alpha value is -4.11. The van der Waals surface area contributed by atoms with Gasteiger partial charge in [-0.25, -0.2) is 4.98 Å². The van der Waals surface area contributed by atoms with Crippen LogP contribution in [0.4, 0.5) is 18.9 Å². The van der Waals surface area contributed by atoms with Crippen LogP contribution < -0.4 is 5.73 Å². The fraction of sp³-hybridized carbons (Fsp3) is 0.250. The van der Waals surface area contributed by atoms with Gasteiger partial charge in [-0.1, -0.05) is 36.4 Å². The van der Waals surface area contributed by atoms with Crippen LogP contribution in [0.1, 0.15) is 58.8 Å². The fourth-order valence-corrected chi connectivity index (χ4v) is 5.57. The maximum Gasteiger partial charge on any atom is 0.416 e. The molecule has 4 rings (SSSR count). The molecule has 0 saturated heterocycles. The Labute approximate surface area is 241 Å². The molecular formula is C32H31F3N4OS. The number of Topliss-reactive ketones (excluding diaryl/α,β-unsaturated/α-hetero) is 1. The predicted molar refractivity (Wildman–Crippen MR) is 159 cm³/mol. The van der Waals surface area contributed by atoms with Crippen LogP contribution in [-0.4, -0.2) is 21.5 Å². The van der Waals surface area contributed by atoms with Crippen LogP contribution in [0.15, 0.2) is 72.9 Å². The van der Waals surface area contributed by atoms with Crippen molar-refractivity contribution < 1.29 is 18.0 Å². The SMILES string of the molecule is Cc1nc(CCCC(=O)CCCc2cccc(C(F)(F)F)c2)sc1-c1ccc(C(=N)/C=C/c2ccccn2)c(N)c1. The highest BCUT2D eigenvalue weighted by atomic mass is 32.1. The van der Waals surface area contributed by atoms with E-state index in [4.69, 9.17) is 11.1 Å². The molecule has 2 aromatic heterocycles. The summed E-state index contributed by atoms with van der Waals surface area (Å²) in [7, 11) is 0. The van der Waals surface area contributed by atoms with E-state index in [0.29, 0.717) is 61.1 Å². The lowest BCUT2D eigenvalue weighted by Gasteiger charge is -2.08. The Morgan fingerprint density at radius 1 is 1.02 bits per heavy atom. The summed E-state index contributed by atoms with van der Waals surface area (Å²) in [6.45, 7) is 1.94. The van der Waals surface area contributed by atoms with Crippen molar-refractivity contribution in [3.63, 3.8) is 0 Å². The van der Waals surface area contributed by atoms with Crippen LogP contribution >= 0.6 is 11.3 Å². The number of carbonyl (C=O) groups excluding carboxylic acids is 1. The molecule has 41 heavy (non-hydrogen) atoms. The summed E-state index contributed by atoms with van der Waals surface area (Å²) < 4.78 is 38.6. The maximum atomic E-state index is 12.9. The number of halogens is 3. The predicted octanol–water partition coefficient (Wildman–Crippen LogP) is 8.11. The second-order valence-corrected chi connectivity index (χ2v) is 10.9. The molecule has 0 aliphatic rings. The molecular weight excluding hydrogens is 545 g/mol. The highest BCUT2D eigenvalue weighted by molar-refractivity contribution is 7.15. The number of alkyl halides is 3. The number of rotatable bonds is 12. The number of aryl methyl sites for hydroxylation is 3. The first-order valence-corrected chi connectivity index (χ1v) is 14.1. The number of hydrogen-bond acceptors (Lipinski definition) is 6. The van der Waals surface area contributed by atoms with Crippen molar-refractivity contribution in [3.8, 4) is 10.4 Å². The van der Waals surface area contributed by atoms with Gasteiger partial charge in [-0.2, -0.15) is 13.2 Å². The van der Waals surface area contributed by atoms with Crippen LogP contribution in [0.5, 0.6) is 0 Å². The number of allylic oxidation sites excluding steroid dienone is 1. The number of ketones is 1. The van der Waals surface area contributed by atoms with Crippen LogP contribution in [0.2, 0.25) is 0 Å². The van der Waals surface area contributed by atoms with Gasteiger partial charge in [0.25, 0.3) is 0 Å². The van der Waals surface area contributed by atoms with E-state index in [-0.39, 0.29) is 5.78 Å². The monoisotopic (exact) mass is 576 g/mol. The molecule has 3 N–H and O–H groups in total. The summed E-state index contributed by atoms with van der Waals surface area (Å²) in [5.74, 6) is 0.105. The number of benzene rings is 2. The lowest BCUT2D eigenvalue weighted by molar-refractivity contribution is -0.137. The first-order valence-electron chi connectivity index (χ1n) is 13.3. The Morgan fingerprint density at radius 2 is 1.80 bits per heavy atom. The van der Waals surface area contributed by atoms with Gasteiger partial charge >= 0.3 is 6.18 Å². The highest BCUT2D eigenvalue weighted by Gasteiger charge is 2.30. The minimum Gasteiger partial charge on any atom is -0.398 e. The number of nitrogens with two attached hydrogens (primary N) is 1. The molecule has 5 nitrogen and oxygen atoms in total. The Morgan fingerprint density at radius 3 is 2.51 bits per heavy atom. The summed E-state index contributed by atoms with van der Waals surface area (Å²) in [6, 6.07) is 16.5. The fourth-order valence-electron chi connectivity index (χ4n) is 4.46. The molecule has 0 unspecified atom stereocenters. The van der Waals surface area contributed by atoms with Crippen molar-refractivity contribution in [2.45, 2.75) is 51.6 Å². The van der Waals surface area contributed by atoms with Gasteiger partial charge in [-0.05, 0) is 80.2 Å². The Balaban J connectivity index is 1.27. The quantitative estimate of drug-likeness (QED) is 0.132. The number of nitrogens with zero attached hydrogens (tertiary/aromatic N) is 2. The lowest BCUT2D eigenvalue weighted by Crippen LogP contribution is -2.05. The standard InChI is InChI=1S/C32H31F3N4OS/c1-21-31(23-14-16-27(29(37)20-23)28(36)17-15-25-10-2-3-18-38-25)41-30(39-21)13-6-12-26(40)11-5-8-22-7-4-9-24(19-22)32(33,34)35/h2-4,7,9-10,14-20,36H,5-6,8,11-13,37H2,1H3/b17-15+,36-28?. The number of hydrogen-bond donors (Lipinski definition) is 2. The van der Waals surface area contributed by atoms with E-state index in [2.05, 4.69) is 9.97 Å². The molecule has 0 bridgehead atoms. The Bertz CT molecular complexity index is 1540. The van der Waals surface area contributed by atoms with E-state index in [1.807, 2.05) is 43.3 Å². The van der Waals surface area contributed by atoms with Gasteiger partial charge in [0.2, 0.25) is 0 Å². The van der Waals surface area contributed by atoms with Gasteiger partial charge in [-0.15, -0.1) is 11.3 Å². The zero-order valence-electron chi connectivity index (χ0n) is 22.7. The summed E-state index contributed by atoms with van der Waals surface area (Å²) in [5, 5.41) is 9.33. The second kappa shape index (κ2) is 13.5. The number of aromatic nitrogens is 2. The van der Waals surface area contributed by atoms with Crippen molar-refractivity contribution >= 4 is 34.6 Å². The topological polar surface area (TPSA) is 92.7 Å². The number of anilines is 1. The van der Waals surface area contributed by atoms with E-state index in [9.17, 15) is 18.0 Å². The van der Waals surface area contributed by atoms with Crippen molar-refractivity contribution in [2.24, 2.45) is 0 Å². The van der Waals surface area contributed by atoms with E-state index in [0.717, 1.165) is 39.0 Å². The third-order valence-corrected chi connectivity index (χ3v) is 7.84. The second-order valence-electron chi connectivity index (χ2n) is 9.77. The molecule has 2 aromatic carbocycles. The average molecular weight is 577 g/mol. The van der Waals surface area contributed by atoms with Crippen LogP contribution in [-0.2, 0) is 23.8 Å². The van der Waals surface area contributed by atoms with Gasteiger partial charge in [0, 0.05) is 30.3 Å². The molecule has 0 aliphatic carbocycles. The smallest absolute Gasteiger partial charge is 0.398 e. The van der Waals surface area contributed by atoms with Crippen molar-refractivity contribution in [2.75, 3.05) is 5.73 Å². The molecule has 2 heterocycles. The van der Waals surface area contributed by atoms with E-state index < -0.39 is 11.7 Å². The summed E-state index contributed by atoms with van der Waals surface area (Å²) in [4.78, 5) is 22.3. The van der Waals surface area contributed by atoms with Gasteiger partial charge in [-0.3, -0.25) is 9.78 Å². The van der Waals surface area contributed by atoms with E-state index in [1.54, 1.807) is 35.8 Å². The van der Waals surface area contributed by atoms with Crippen LogP contribution in [0.3, 0.4) is 0 Å². The first kappa shape index (κ1) is 29.9. The number of pyridine rings is 1. The van der Waals surface area contributed by atoms with Gasteiger partial charge < -0.3 is 11.1 Å². The normalized spacial score (nSPS) is 11.7. The molecule has 212 valence electrons. The average Bonchev–Trinajstić information content (AvgIpc) is 3.32. The van der Waals surface area contributed by atoms with Gasteiger partial charge in [0.05, 0.1) is 32.5 Å². The van der Waals surface area contributed by atoms with Crippen molar-refractivity contribution in [1.29, 1.82) is 5.41 Å². The molecule has 0 atom stereocenters.